The number of hydrogen-bond donors (Lipinski definition) is 1. The van der Waals surface area contributed by atoms with E-state index in [1.165, 1.54) is 6.07 Å². The van der Waals surface area contributed by atoms with Crippen molar-refractivity contribution in [3.8, 4) is 0 Å². The van der Waals surface area contributed by atoms with E-state index in [-0.39, 0.29) is 8.57 Å². The van der Waals surface area contributed by atoms with E-state index in [4.69, 9.17) is 0 Å². The molecule has 0 fully saturated rings. The first-order chi connectivity index (χ1) is 5.61. The molecule has 0 saturated heterocycles. The number of halogens is 2. The summed E-state index contributed by atoms with van der Waals surface area (Å²) in [5.74, 6) is -0.116. The van der Waals surface area contributed by atoms with Gasteiger partial charge in [0, 0.05) is 5.56 Å². The molecule has 0 heterocycles. The fourth-order valence-corrected chi connectivity index (χ4v) is 2.87. The third-order valence-electron chi connectivity index (χ3n) is 2.21. The van der Waals surface area contributed by atoms with Crippen molar-refractivity contribution >= 4 is 35.2 Å². The summed E-state index contributed by atoms with van der Waals surface area (Å²) in [5, 5.41) is 0. The minimum atomic E-state index is -0.293. The molecule has 0 amide bonds. The van der Waals surface area contributed by atoms with Crippen molar-refractivity contribution in [1.82, 2.24) is 0 Å². The van der Waals surface area contributed by atoms with E-state index in [0.29, 0.717) is 0 Å². The van der Waals surface area contributed by atoms with E-state index in [1.807, 2.05) is 6.07 Å². The maximum Gasteiger partial charge on any atom is 0.128 e. The van der Waals surface area contributed by atoms with Gasteiger partial charge in [-0.2, -0.15) is 12.6 Å². The molecule has 0 nitrogen and oxygen atoms in total. The Balaban J connectivity index is 2.64. The summed E-state index contributed by atoms with van der Waals surface area (Å²) in [6, 6.07) is 5.25. The van der Waals surface area contributed by atoms with Crippen LogP contribution in [-0.4, -0.2) is 0 Å². The molecule has 1 aromatic rings. The molecule has 1 aliphatic carbocycles. The molecule has 0 aliphatic heterocycles. The Morgan fingerprint density at radius 2 is 2.25 bits per heavy atom. The van der Waals surface area contributed by atoms with Gasteiger partial charge < -0.3 is 0 Å². The number of benzene rings is 1. The molecular weight excluding hydrogens is 286 g/mol. The van der Waals surface area contributed by atoms with Crippen molar-refractivity contribution in [2.45, 2.75) is 15.6 Å². The van der Waals surface area contributed by atoms with Crippen LogP contribution in [0.25, 0.3) is 0 Å². The second-order valence-electron chi connectivity index (χ2n) is 3.03. The zero-order chi connectivity index (χ0) is 8.77. The quantitative estimate of drug-likeness (QED) is 0.424. The van der Waals surface area contributed by atoms with E-state index >= 15 is 0 Å². The highest BCUT2D eigenvalue weighted by Gasteiger charge is 2.35. The largest absolute Gasteiger partial charge is 0.207 e. The highest BCUT2D eigenvalue weighted by atomic mass is 127. The fraction of sp³-hybridized carbons (Fsp3) is 0.333. The predicted octanol–water partition coefficient (Wildman–Crippen LogP) is 3.29. The van der Waals surface area contributed by atoms with Crippen LogP contribution in [0, 0.1) is 5.82 Å². The van der Waals surface area contributed by atoms with Gasteiger partial charge in [-0.25, -0.2) is 4.39 Å². The topological polar surface area (TPSA) is 0 Å². The van der Waals surface area contributed by atoms with Crippen molar-refractivity contribution in [2.24, 2.45) is 0 Å². The summed E-state index contributed by atoms with van der Waals surface area (Å²) in [6.07, 6.45) is 1.87. The number of aryl methyl sites for hydroxylation is 1. The Morgan fingerprint density at radius 3 is 2.92 bits per heavy atom. The smallest absolute Gasteiger partial charge is 0.128 e. The first-order valence-electron chi connectivity index (χ1n) is 3.80. The molecule has 0 N–H and O–H groups in total. The van der Waals surface area contributed by atoms with Crippen LogP contribution in [0.15, 0.2) is 18.2 Å². The molecule has 64 valence electrons. The summed E-state index contributed by atoms with van der Waals surface area (Å²) in [4.78, 5) is 0. The summed E-state index contributed by atoms with van der Waals surface area (Å²) >= 11 is 6.65. The lowest BCUT2D eigenvalue weighted by atomic mass is 10.1. The number of alkyl halides is 1. The third kappa shape index (κ3) is 1.27. The SMILES string of the molecule is Fc1cccc2c1C(S)(I)CC2. The molecule has 1 atom stereocenters. The van der Waals surface area contributed by atoms with Crippen LogP contribution in [-0.2, 0) is 9.17 Å². The van der Waals surface area contributed by atoms with Gasteiger partial charge >= 0.3 is 0 Å². The summed E-state index contributed by atoms with van der Waals surface area (Å²) in [7, 11) is 0. The van der Waals surface area contributed by atoms with Gasteiger partial charge in [0.15, 0.2) is 0 Å². The Hall–Kier alpha value is 0.230. The van der Waals surface area contributed by atoms with Crippen molar-refractivity contribution in [2.75, 3.05) is 0 Å². The Labute approximate surface area is 90.1 Å². The molecule has 0 bridgehead atoms. The summed E-state index contributed by atoms with van der Waals surface area (Å²) < 4.78 is 13.0. The van der Waals surface area contributed by atoms with Crippen LogP contribution in [0.5, 0.6) is 0 Å². The van der Waals surface area contributed by atoms with E-state index in [0.717, 1.165) is 24.0 Å². The van der Waals surface area contributed by atoms with Crippen LogP contribution in [0.1, 0.15) is 17.5 Å². The highest BCUT2D eigenvalue weighted by Crippen LogP contribution is 2.48. The first-order valence-corrected chi connectivity index (χ1v) is 5.33. The maximum atomic E-state index is 13.3. The van der Waals surface area contributed by atoms with E-state index < -0.39 is 0 Å². The van der Waals surface area contributed by atoms with E-state index in [2.05, 4.69) is 35.2 Å². The van der Waals surface area contributed by atoms with Gasteiger partial charge in [0.25, 0.3) is 0 Å². The Kier molecular flexibility index (Phi) is 2.11. The average molecular weight is 294 g/mol. The van der Waals surface area contributed by atoms with Crippen LogP contribution in [0.4, 0.5) is 4.39 Å². The second kappa shape index (κ2) is 2.87. The van der Waals surface area contributed by atoms with Crippen LogP contribution in [0.2, 0.25) is 0 Å². The van der Waals surface area contributed by atoms with Gasteiger partial charge in [0.1, 0.15) is 5.82 Å². The summed E-state index contributed by atoms with van der Waals surface area (Å²) in [6.45, 7) is 0. The maximum absolute atomic E-state index is 13.3. The van der Waals surface area contributed by atoms with E-state index in [1.54, 1.807) is 6.07 Å². The third-order valence-corrected chi connectivity index (χ3v) is 3.73. The monoisotopic (exact) mass is 294 g/mol. The molecular formula is C9H8FIS. The molecule has 1 aromatic carbocycles. The van der Waals surface area contributed by atoms with Crippen molar-refractivity contribution in [3.63, 3.8) is 0 Å². The van der Waals surface area contributed by atoms with Gasteiger partial charge in [0.2, 0.25) is 0 Å². The van der Waals surface area contributed by atoms with Gasteiger partial charge in [-0.15, -0.1) is 0 Å². The molecule has 1 unspecified atom stereocenters. The molecule has 1 aliphatic rings. The Morgan fingerprint density at radius 1 is 1.50 bits per heavy atom. The minimum absolute atomic E-state index is 0.116. The highest BCUT2D eigenvalue weighted by molar-refractivity contribution is 14.1. The van der Waals surface area contributed by atoms with Gasteiger partial charge in [-0.05, 0) is 24.5 Å². The number of thiol groups is 1. The van der Waals surface area contributed by atoms with Crippen molar-refractivity contribution in [3.05, 3.63) is 35.1 Å². The van der Waals surface area contributed by atoms with Gasteiger partial charge in [0.05, 0.1) is 2.75 Å². The molecule has 12 heavy (non-hydrogen) atoms. The molecule has 0 aromatic heterocycles. The minimum Gasteiger partial charge on any atom is -0.207 e. The van der Waals surface area contributed by atoms with Crippen LogP contribution < -0.4 is 0 Å². The lowest BCUT2D eigenvalue weighted by molar-refractivity contribution is 0.609. The fourth-order valence-electron chi connectivity index (χ4n) is 1.63. The van der Waals surface area contributed by atoms with Gasteiger partial charge in [-0.3, -0.25) is 0 Å². The lowest BCUT2D eigenvalue weighted by Gasteiger charge is -2.15. The zero-order valence-electron chi connectivity index (χ0n) is 6.35. The molecule has 2 rings (SSSR count). The second-order valence-corrected chi connectivity index (χ2v) is 6.49. The molecule has 0 saturated carbocycles. The normalized spacial score (nSPS) is 27.2. The standard InChI is InChI=1S/C9H8FIS/c10-7-3-1-2-6-4-5-9(11,12)8(6)7/h1-3,12H,4-5H2. The predicted molar refractivity (Wildman–Crippen MR) is 59.4 cm³/mol. The number of hydrogen-bond acceptors (Lipinski definition) is 1. The van der Waals surface area contributed by atoms with Gasteiger partial charge in [-0.1, -0.05) is 34.7 Å². The first kappa shape index (κ1) is 8.81. The molecule has 3 heteroatoms. The zero-order valence-corrected chi connectivity index (χ0v) is 9.40. The number of rotatable bonds is 0. The molecule has 0 spiro atoms. The Bertz CT molecular complexity index is 322. The van der Waals surface area contributed by atoms with Crippen molar-refractivity contribution in [1.29, 1.82) is 0 Å². The molecule has 0 radical (unpaired) electrons. The lowest BCUT2D eigenvalue weighted by Crippen LogP contribution is -2.05. The van der Waals surface area contributed by atoms with E-state index in [9.17, 15) is 4.39 Å². The summed E-state index contributed by atoms with van der Waals surface area (Å²) in [5.41, 5.74) is 1.90. The average Bonchev–Trinajstić information content (AvgIpc) is 2.29. The van der Waals surface area contributed by atoms with Crippen molar-refractivity contribution < 1.29 is 4.39 Å². The number of fused-ring (bicyclic) bond motifs is 1. The van der Waals surface area contributed by atoms with Crippen LogP contribution >= 0.6 is 35.2 Å². The van der Waals surface area contributed by atoms with Crippen LogP contribution in [0.3, 0.4) is 0 Å².